The Labute approximate surface area is 119 Å². The topological polar surface area (TPSA) is 105 Å². The van der Waals surface area contributed by atoms with Crippen LogP contribution in [0.4, 0.5) is 0 Å². The number of carboxylic acids is 1. The molecule has 4 N–H and O–H groups in total. The SMILES string of the molecule is N[C@H](C(=O)NCc1nc(C(=O)O)cs1)c1ccccc1. The third-order valence-corrected chi connectivity index (χ3v) is 3.47. The third kappa shape index (κ3) is 3.40. The number of nitrogens with zero attached hydrogens (tertiary/aromatic N) is 1. The minimum absolute atomic E-state index is 0.0217. The molecule has 104 valence electrons. The fourth-order valence-corrected chi connectivity index (χ4v) is 2.28. The van der Waals surface area contributed by atoms with Crippen molar-refractivity contribution in [2.45, 2.75) is 12.6 Å². The zero-order valence-corrected chi connectivity index (χ0v) is 11.3. The summed E-state index contributed by atoms with van der Waals surface area (Å²) in [4.78, 5) is 26.4. The Bertz CT molecular complexity index is 612. The molecule has 1 amide bonds. The highest BCUT2D eigenvalue weighted by Crippen LogP contribution is 2.12. The molecular weight excluding hydrogens is 278 g/mol. The molecule has 0 saturated carbocycles. The molecule has 0 saturated heterocycles. The predicted octanol–water partition coefficient (Wildman–Crippen LogP) is 1.16. The van der Waals surface area contributed by atoms with E-state index in [1.165, 1.54) is 16.7 Å². The van der Waals surface area contributed by atoms with E-state index >= 15 is 0 Å². The summed E-state index contributed by atoms with van der Waals surface area (Å²) in [6, 6.07) is 8.25. The van der Waals surface area contributed by atoms with Gasteiger partial charge in [0.25, 0.3) is 0 Å². The molecule has 0 aliphatic rings. The molecule has 1 aromatic heterocycles. The van der Waals surface area contributed by atoms with E-state index in [9.17, 15) is 9.59 Å². The molecule has 0 aliphatic carbocycles. The Morgan fingerprint density at radius 2 is 2.05 bits per heavy atom. The van der Waals surface area contributed by atoms with Gasteiger partial charge in [0.2, 0.25) is 5.91 Å². The van der Waals surface area contributed by atoms with E-state index in [1.807, 2.05) is 18.2 Å². The van der Waals surface area contributed by atoms with Gasteiger partial charge in [-0.15, -0.1) is 11.3 Å². The summed E-state index contributed by atoms with van der Waals surface area (Å²) >= 11 is 1.18. The molecule has 2 aromatic rings. The molecule has 7 heteroatoms. The van der Waals surface area contributed by atoms with Crippen LogP contribution in [0.15, 0.2) is 35.7 Å². The van der Waals surface area contributed by atoms with Crippen LogP contribution in [0.1, 0.15) is 27.1 Å². The number of rotatable bonds is 5. The summed E-state index contributed by atoms with van der Waals surface area (Å²) in [7, 11) is 0. The van der Waals surface area contributed by atoms with Crippen molar-refractivity contribution in [1.82, 2.24) is 10.3 Å². The number of carboxylic acid groups (broad SMARTS) is 1. The minimum Gasteiger partial charge on any atom is -0.476 e. The second-order valence-corrected chi connectivity index (χ2v) is 4.98. The summed E-state index contributed by atoms with van der Waals surface area (Å²) in [5.41, 5.74) is 6.53. The maximum absolute atomic E-state index is 11.9. The highest BCUT2D eigenvalue weighted by Gasteiger charge is 2.16. The van der Waals surface area contributed by atoms with Gasteiger partial charge in [0.15, 0.2) is 5.69 Å². The lowest BCUT2D eigenvalue weighted by Crippen LogP contribution is -2.33. The molecule has 2 rings (SSSR count). The van der Waals surface area contributed by atoms with Crippen molar-refractivity contribution in [1.29, 1.82) is 0 Å². The summed E-state index contributed by atoms with van der Waals surface area (Å²) in [6.07, 6.45) is 0. The van der Waals surface area contributed by atoms with Crippen molar-refractivity contribution < 1.29 is 14.7 Å². The molecule has 1 atom stereocenters. The number of benzene rings is 1. The van der Waals surface area contributed by atoms with Gasteiger partial charge in [-0.3, -0.25) is 4.79 Å². The maximum Gasteiger partial charge on any atom is 0.355 e. The highest BCUT2D eigenvalue weighted by molar-refractivity contribution is 7.09. The molecule has 6 nitrogen and oxygen atoms in total. The van der Waals surface area contributed by atoms with E-state index in [4.69, 9.17) is 10.8 Å². The van der Waals surface area contributed by atoms with E-state index in [1.54, 1.807) is 12.1 Å². The number of nitrogens with one attached hydrogen (secondary N) is 1. The smallest absolute Gasteiger partial charge is 0.355 e. The van der Waals surface area contributed by atoms with Gasteiger partial charge in [-0.25, -0.2) is 9.78 Å². The maximum atomic E-state index is 11.9. The minimum atomic E-state index is -1.08. The van der Waals surface area contributed by atoms with E-state index in [2.05, 4.69) is 10.3 Å². The number of hydrogen-bond acceptors (Lipinski definition) is 5. The quantitative estimate of drug-likeness (QED) is 0.766. The molecule has 0 radical (unpaired) electrons. The van der Waals surface area contributed by atoms with Crippen LogP contribution < -0.4 is 11.1 Å². The summed E-state index contributed by atoms with van der Waals surface area (Å²) < 4.78 is 0. The number of hydrogen-bond donors (Lipinski definition) is 3. The molecule has 0 unspecified atom stereocenters. The molecule has 1 aromatic carbocycles. The average molecular weight is 291 g/mol. The van der Waals surface area contributed by atoms with Gasteiger partial charge in [-0.2, -0.15) is 0 Å². The Balaban J connectivity index is 1.93. The van der Waals surface area contributed by atoms with Crippen LogP contribution in [0.3, 0.4) is 0 Å². The second kappa shape index (κ2) is 6.27. The first-order chi connectivity index (χ1) is 9.58. The highest BCUT2D eigenvalue weighted by atomic mass is 32.1. The number of nitrogens with two attached hydrogens (primary N) is 1. The van der Waals surface area contributed by atoms with Crippen LogP contribution in [0.5, 0.6) is 0 Å². The predicted molar refractivity (Wildman–Crippen MR) is 74.3 cm³/mol. The number of thiazole rings is 1. The molecular formula is C13H13N3O3S. The first-order valence-electron chi connectivity index (χ1n) is 5.84. The fraction of sp³-hybridized carbons (Fsp3) is 0.154. The van der Waals surface area contributed by atoms with Crippen molar-refractivity contribution in [3.8, 4) is 0 Å². The van der Waals surface area contributed by atoms with Crippen LogP contribution >= 0.6 is 11.3 Å². The Hall–Kier alpha value is -2.25. The molecule has 0 bridgehead atoms. The first-order valence-corrected chi connectivity index (χ1v) is 6.72. The number of aromatic nitrogens is 1. The summed E-state index contributed by atoms with van der Waals surface area (Å²) in [5.74, 6) is -1.41. The van der Waals surface area contributed by atoms with Gasteiger partial charge in [0.1, 0.15) is 11.0 Å². The molecule has 1 heterocycles. The second-order valence-electron chi connectivity index (χ2n) is 4.04. The van der Waals surface area contributed by atoms with E-state index < -0.39 is 12.0 Å². The third-order valence-electron chi connectivity index (χ3n) is 2.63. The zero-order valence-electron chi connectivity index (χ0n) is 10.4. The average Bonchev–Trinajstić information content (AvgIpc) is 2.94. The van der Waals surface area contributed by atoms with Crippen molar-refractivity contribution in [3.05, 3.63) is 52.0 Å². The lowest BCUT2D eigenvalue weighted by Gasteiger charge is -2.11. The molecule has 0 spiro atoms. The van der Waals surface area contributed by atoms with Crippen molar-refractivity contribution in [3.63, 3.8) is 0 Å². The normalized spacial score (nSPS) is 11.8. The first kappa shape index (κ1) is 14.2. The van der Waals surface area contributed by atoms with E-state index in [0.29, 0.717) is 5.01 Å². The molecule has 0 aliphatic heterocycles. The van der Waals surface area contributed by atoms with Crippen LogP contribution in [0.25, 0.3) is 0 Å². The van der Waals surface area contributed by atoms with Gasteiger partial charge >= 0.3 is 5.97 Å². The van der Waals surface area contributed by atoms with Gasteiger partial charge < -0.3 is 16.2 Å². The largest absolute Gasteiger partial charge is 0.476 e. The van der Waals surface area contributed by atoms with Crippen molar-refractivity contribution in [2.24, 2.45) is 5.73 Å². The van der Waals surface area contributed by atoms with E-state index in [0.717, 1.165) is 5.56 Å². The summed E-state index contributed by atoms with van der Waals surface area (Å²) in [6.45, 7) is 0.164. The van der Waals surface area contributed by atoms with Gasteiger partial charge in [-0.1, -0.05) is 30.3 Å². The Kier molecular flexibility index (Phi) is 4.44. The number of carbonyl (C=O) groups excluding carboxylic acids is 1. The standard InChI is InChI=1S/C13H13N3O3S/c14-11(8-4-2-1-3-5-8)12(17)15-6-10-16-9(7-20-10)13(18)19/h1-5,7,11H,6,14H2,(H,15,17)(H,18,19)/t11-/m0/s1. The Morgan fingerprint density at radius 3 is 2.65 bits per heavy atom. The van der Waals surface area contributed by atoms with Crippen LogP contribution in [-0.2, 0) is 11.3 Å². The van der Waals surface area contributed by atoms with Gasteiger partial charge in [-0.05, 0) is 5.56 Å². The van der Waals surface area contributed by atoms with E-state index in [-0.39, 0.29) is 18.1 Å². The number of amides is 1. The van der Waals surface area contributed by atoms with Gasteiger partial charge in [0.05, 0.1) is 6.54 Å². The number of aromatic carboxylic acids is 1. The molecule has 0 fully saturated rings. The lowest BCUT2D eigenvalue weighted by atomic mass is 10.1. The summed E-state index contributed by atoms with van der Waals surface area (Å²) in [5, 5.41) is 13.3. The van der Waals surface area contributed by atoms with Gasteiger partial charge in [0, 0.05) is 5.38 Å². The number of carbonyl (C=O) groups is 2. The van der Waals surface area contributed by atoms with Crippen LogP contribution in [0, 0.1) is 0 Å². The zero-order chi connectivity index (χ0) is 14.5. The fourth-order valence-electron chi connectivity index (χ4n) is 1.57. The van der Waals surface area contributed by atoms with Crippen molar-refractivity contribution >= 4 is 23.2 Å². The van der Waals surface area contributed by atoms with Crippen LogP contribution in [-0.4, -0.2) is 22.0 Å². The lowest BCUT2D eigenvalue weighted by molar-refractivity contribution is -0.122. The van der Waals surface area contributed by atoms with Crippen molar-refractivity contribution in [2.75, 3.05) is 0 Å². The monoisotopic (exact) mass is 291 g/mol. The Morgan fingerprint density at radius 1 is 1.35 bits per heavy atom. The van der Waals surface area contributed by atoms with Crippen LogP contribution in [0.2, 0.25) is 0 Å². The molecule has 20 heavy (non-hydrogen) atoms.